The number of carbonyl (C=O) groups excluding carboxylic acids is 1. The van der Waals surface area contributed by atoms with Crippen molar-refractivity contribution < 1.29 is 4.79 Å². The van der Waals surface area contributed by atoms with Gasteiger partial charge in [-0.3, -0.25) is 4.79 Å². The Morgan fingerprint density at radius 2 is 1.89 bits per heavy atom. The van der Waals surface area contributed by atoms with E-state index in [1.165, 1.54) is 0 Å². The van der Waals surface area contributed by atoms with Gasteiger partial charge in [0.05, 0.1) is 16.3 Å². The fraction of sp³-hybridized carbons (Fsp3) is 0. The molecule has 0 radical (unpaired) electrons. The van der Waals surface area contributed by atoms with Gasteiger partial charge in [-0.2, -0.15) is 0 Å². The van der Waals surface area contributed by atoms with Gasteiger partial charge in [0.15, 0.2) is 0 Å². The Balaban J connectivity index is 2.30. The molecular weight excluding hydrogens is 398 g/mol. The summed E-state index contributed by atoms with van der Waals surface area (Å²) in [4.78, 5) is 12.2. The van der Waals surface area contributed by atoms with Gasteiger partial charge in [-0.15, -0.1) is 0 Å². The summed E-state index contributed by atoms with van der Waals surface area (Å²) < 4.78 is 0.805. The van der Waals surface area contributed by atoms with E-state index in [9.17, 15) is 4.79 Å². The van der Waals surface area contributed by atoms with Crippen molar-refractivity contribution in [2.75, 3.05) is 11.1 Å². The quantitative estimate of drug-likeness (QED) is 0.572. The second-order valence-corrected chi connectivity index (χ2v) is 5.82. The van der Waals surface area contributed by atoms with E-state index in [1.54, 1.807) is 36.4 Å². The fourth-order valence-electron chi connectivity index (χ4n) is 1.50. The van der Waals surface area contributed by atoms with Crippen molar-refractivity contribution in [2.24, 2.45) is 0 Å². The number of nitrogen functional groups attached to an aromatic ring is 1. The maximum Gasteiger partial charge on any atom is 0.256 e. The van der Waals surface area contributed by atoms with Crippen LogP contribution in [-0.2, 0) is 0 Å². The zero-order valence-corrected chi connectivity index (χ0v) is 13.3. The van der Waals surface area contributed by atoms with Crippen molar-refractivity contribution >= 4 is 63.1 Å². The molecule has 19 heavy (non-hydrogen) atoms. The molecule has 2 aromatic carbocycles. The first kappa shape index (κ1) is 14.4. The van der Waals surface area contributed by atoms with Gasteiger partial charge in [0.25, 0.3) is 5.91 Å². The van der Waals surface area contributed by atoms with Crippen LogP contribution in [0, 0.1) is 3.57 Å². The second-order valence-electron chi connectivity index (χ2n) is 3.82. The van der Waals surface area contributed by atoms with Crippen LogP contribution in [-0.4, -0.2) is 5.91 Å². The molecule has 98 valence electrons. The molecule has 3 N–H and O–H groups in total. The van der Waals surface area contributed by atoms with Crippen molar-refractivity contribution in [3.05, 3.63) is 55.6 Å². The second kappa shape index (κ2) is 5.98. The van der Waals surface area contributed by atoms with Crippen LogP contribution in [0.5, 0.6) is 0 Å². The predicted molar refractivity (Wildman–Crippen MR) is 88.0 cm³/mol. The first-order chi connectivity index (χ1) is 8.97. The van der Waals surface area contributed by atoms with Crippen molar-refractivity contribution in [1.29, 1.82) is 0 Å². The number of amides is 1. The first-order valence-corrected chi connectivity index (χ1v) is 7.12. The molecular formula is C13H9Cl2IN2O. The Labute approximate surface area is 134 Å². The SMILES string of the molecule is Nc1ccc(Cl)c(NC(=O)c2cc(Cl)ccc2I)c1. The summed E-state index contributed by atoms with van der Waals surface area (Å²) in [5, 5.41) is 3.66. The molecule has 0 heterocycles. The molecule has 0 unspecified atom stereocenters. The highest BCUT2D eigenvalue weighted by atomic mass is 127. The Morgan fingerprint density at radius 3 is 2.63 bits per heavy atom. The maximum atomic E-state index is 12.2. The molecule has 0 bridgehead atoms. The summed E-state index contributed by atoms with van der Waals surface area (Å²) in [6.45, 7) is 0. The number of nitrogens with one attached hydrogen (secondary N) is 1. The number of hydrogen-bond acceptors (Lipinski definition) is 2. The van der Waals surface area contributed by atoms with Gasteiger partial charge in [-0.25, -0.2) is 0 Å². The number of anilines is 2. The number of halogens is 3. The molecule has 3 nitrogen and oxygen atoms in total. The van der Waals surface area contributed by atoms with E-state index in [0.717, 1.165) is 3.57 Å². The zero-order chi connectivity index (χ0) is 14.0. The molecule has 0 atom stereocenters. The average Bonchev–Trinajstić information content (AvgIpc) is 2.36. The lowest BCUT2D eigenvalue weighted by Gasteiger charge is -2.09. The molecule has 0 fully saturated rings. The third-order valence-electron chi connectivity index (χ3n) is 2.41. The lowest BCUT2D eigenvalue weighted by Crippen LogP contribution is -2.14. The van der Waals surface area contributed by atoms with Gasteiger partial charge in [0.2, 0.25) is 0 Å². The Hall–Kier alpha value is -0.980. The van der Waals surface area contributed by atoms with Gasteiger partial charge in [0.1, 0.15) is 0 Å². The van der Waals surface area contributed by atoms with E-state index < -0.39 is 0 Å². The molecule has 0 aliphatic rings. The van der Waals surface area contributed by atoms with Crippen LogP contribution in [0.4, 0.5) is 11.4 Å². The Bertz CT molecular complexity index is 647. The molecule has 2 aromatic rings. The summed E-state index contributed by atoms with van der Waals surface area (Å²) >= 11 is 14.0. The monoisotopic (exact) mass is 406 g/mol. The summed E-state index contributed by atoms with van der Waals surface area (Å²) in [7, 11) is 0. The minimum Gasteiger partial charge on any atom is -0.399 e. The Kier molecular flexibility index (Phi) is 4.54. The molecule has 0 saturated carbocycles. The summed E-state index contributed by atoms with van der Waals surface area (Å²) in [5.74, 6) is -0.278. The van der Waals surface area contributed by atoms with E-state index in [0.29, 0.717) is 27.0 Å². The van der Waals surface area contributed by atoms with Crippen molar-refractivity contribution in [3.8, 4) is 0 Å². The Morgan fingerprint density at radius 1 is 1.16 bits per heavy atom. The lowest BCUT2D eigenvalue weighted by atomic mass is 10.2. The number of rotatable bonds is 2. The van der Waals surface area contributed by atoms with E-state index >= 15 is 0 Å². The van der Waals surface area contributed by atoms with Crippen molar-refractivity contribution in [2.45, 2.75) is 0 Å². The normalized spacial score (nSPS) is 10.3. The smallest absolute Gasteiger partial charge is 0.256 e. The van der Waals surface area contributed by atoms with Gasteiger partial charge >= 0.3 is 0 Å². The summed E-state index contributed by atoms with van der Waals surface area (Å²) in [6.07, 6.45) is 0. The summed E-state index contributed by atoms with van der Waals surface area (Å²) in [6, 6.07) is 10.0. The van der Waals surface area contributed by atoms with Crippen LogP contribution in [0.2, 0.25) is 10.0 Å². The highest BCUT2D eigenvalue weighted by Crippen LogP contribution is 2.26. The van der Waals surface area contributed by atoms with Crippen LogP contribution in [0.1, 0.15) is 10.4 Å². The lowest BCUT2D eigenvalue weighted by molar-refractivity contribution is 0.102. The van der Waals surface area contributed by atoms with E-state index in [4.69, 9.17) is 28.9 Å². The molecule has 6 heteroatoms. The minimum absolute atomic E-state index is 0.278. The number of carbonyl (C=O) groups is 1. The molecule has 0 spiro atoms. The highest BCUT2D eigenvalue weighted by molar-refractivity contribution is 14.1. The predicted octanol–water partition coefficient (Wildman–Crippen LogP) is 4.43. The van der Waals surface area contributed by atoms with Gasteiger partial charge in [-0.05, 0) is 59.0 Å². The topological polar surface area (TPSA) is 55.1 Å². The number of nitrogens with two attached hydrogens (primary N) is 1. The standard InChI is InChI=1S/C13H9Cl2IN2O/c14-7-1-4-11(16)9(5-7)13(19)18-12-6-8(17)2-3-10(12)15/h1-6H,17H2,(H,18,19). The number of benzene rings is 2. The third-order valence-corrected chi connectivity index (χ3v) is 3.92. The van der Waals surface area contributed by atoms with Crippen LogP contribution >= 0.6 is 45.8 Å². The fourth-order valence-corrected chi connectivity index (χ4v) is 2.42. The molecule has 0 aliphatic carbocycles. The largest absolute Gasteiger partial charge is 0.399 e. The molecule has 0 aliphatic heterocycles. The van der Waals surface area contributed by atoms with E-state index in [-0.39, 0.29) is 5.91 Å². The van der Waals surface area contributed by atoms with Gasteiger partial charge < -0.3 is 11.1 Å². The molecule has 2 rings (SSSR count). The van der Waals surface area contributed by atoms with E-state index in [1.807, 2.05) is 0 Å². The first-order valence-electron chi connectivity index (χ1n) is 5.29. The maximum absolute atomic E-state index is 12.2. The van der Waals surface area contributed by atoms with Crippen LogP contribution in [0.25, 0.3) is 0 Å². The van der Waals surface area contributed by atoms with Crippen molar-refractivity contribution in [1.82, 2.24) is 0 Å². The van der Waals surface area contributed by atoms with Crippen LogP contribution in [0.15, 0.2) is 36.4 Å². The molecule has 1 amide bonds. The van der Waals surface area contributed by atoms with Crippen molar-refractivity contribution in [3.63, 3.8) is 0 Å². The van der Waals surface area contributed by atoms with E-state index in [2.05, 4.69) is 27.9 Å². The minimum atomic E-state index is -0.278. The molecule has 0 saturated heterocycles. The highest BCUT2D eigenvalue weighted by Gasteiger charge is 2.12. The van der Waals surface area contributed by atoms with Crippen LogP contribution in [0.3, 0.4) is 0 Å². The van der Waals surface area contributed by atoms with Crippen LogP contribution < -0.4 is 11.1 Å². The third kappa shape index (κ3) is 3.52. The molecule has 0 aromatic heterocycles. The van der Waals surface area contributed by atoms with Gasteiger partial charge in [0, 0.05) is 14.3 Å². The zero-order valence-electron chi connectivity index (χ0n) is 9.58. The van der Waals surface area contributed by atoms with Gasteiger partial charge in [-0.1, -0.05) is 23.2 Å². The average molecular weight is 407 g/mol. The summed E-state index contributed by atoms with van der Waals surface area (Å²) in [5.41, 5.74) is 7.16. The number of hydrogen-bond donors (Lipinski definition) is 2.